The Kier molecular flexibility index (Phi) is 15.3. The van der Waals surface area contributed by atoms with E-state index >= 15 is 0 Å². The van der Waals surface area contributed by atoms with Gasteiger partial charge in [-0.15, -0.1) is 0 Å². The molecule has 23 heavy (non-hydrogen) atoms. The van der Waals surface area contributed by atoms with Crippen LogP contribution in [0.5, 0.6) is 0 Å². The molecule has 4 heteroatoms. The standard InChI is InChI=1S/C19H41NO2P/c1-4-5-6-7-8-9-10-11-12-13-14-15-16-17-18-20(2,3)19-23(21)22/h4-19H2,1-3H3/q+1. The zero-order valence-corrected chi connectivity index (χ0v) is 16.9. The van der Waals surface area contributed by atoms with Crippen LogP contribution in [0.2, 0.25) is 0 Å². The van der Waals surface area contributed by atoms with Crippen LogP contribution in [0.25, 0.3) is 0 Å². The molecule has 0 radical (unpaired) electrons. The van der Waals surface area contributed by atoms with Crippen molar-refractivity contribution >= 4 is 7.68 Å². The Labute approximate surface area is 145 Å². The number of quaternary nitrogens is 1. The maximum atomic E-state index is 10.8. The fraction of sp³-hybridized carbons (Fsp3) is 1.00. The average Bonchev–Trinajstić information content (AvgIpc) is 2.46. The van der Waals surface area contributed by atoms with Crippen LogP contribution in [0.4, 0.5) is 0 Å². The fourth-order valence-electron chi connectivity index (χ4n) is 3.12. The summed E-state index contributed by atoms with van der Waals surface area (Å²) < 4.78 is 22.2. The van der Waals surface area contributed by atoms with E-state index in [1.165, 1.54) is 83.5 Å². The monoisotopic (exact) mass is 346 g/mol. The van der Waals surface area contributed by atoms with Crippen LogP contribution in [-0.2, 0) is 9.13 Å². The van der Waals surface area contributed by atoms with E-state index in [0.29, 0.717) is 4.48 Å². The highest BCUT2D eigenvalue weighted by atomic mass is 31.1. The van der Waals surface area contributed by atoms with Gasteiger partial charge < -0.3 is 4.48 Å². The van der Waals surface area contributed by atoms with Crippen molar-refractivity contribution < 1.29 is 13.6 Å². The van der Waals surface area contributed by atoms with Crippen molar-refractivity contribution in [1.82, 2.24) is 0 Å². The normalized spacial score (nSPS) is 11.8. The highest BCUT2D eigenvalue weighted by Crippen LogP contribution is 2.15. The third-order valence-electron chi connectivity index (χ3n) is 4.62. The van der Waals surface area contributed by atoms with Crippen molar-refractivity contribution in [3.05, 3.63) is 0 Å². The molecule has 0 spiro atoms. The molecule has 0 bridgehead atoms. The van der Waals surface area contributed by atoms with Gasteiger partial charge in [0.15, 0.2) is 6.29 Å². The molecule has 3 nitrogen and oxygen atoms in total. The van der Waals surface area contributed by atoms with Gasteiger partial charge in [-0.2, -0.15) is 0 Å². The van der Waals surface area contributed by atoms with Crippen LogP contribution < -0.4 is 0 Å². The van der Waals surface area contributed by atoms with E-state index < -0.39 is 7.68 Å². The molecule has 0 aromatic carbocycles. The maximum absolute atomic E-state index is 10.8. The van der Waals surface area contributed by atoms with Crippen LogP contribution in [0, 0.1) is 0 Å². The SMILES string of the molecule is CCCCCCCCCCCCCCCC[N+](C)(C)CP(=O)=O. The van der Waals surface area contributed by atoms with E-state index in [0.717, 1.165) is 13.0 Å². The molecule has 0 aliphatic rings. The molecular formula is C19H41NO2P+. The molecule has 0 unspecified atom stereocenters. The third kappa shape index (κ3) is 18.0. The second kappa shape index (κ2) is 15.4. The van der Waals surface area contributed by atoms with Crippen molar-refractivity contribution in [3.8, 4) is 0 Å². The zero-order valence-electron chi connectivity index (χ0n) is 16.0. The van der Waals surface area contributed by atoms with Gasteiger partial charge in [-0.3, -0.25) is 0 Å². The minimum Gasteiger partial charge on any atom is -0.317 e. The Bertz CT molecular complexity index is 319. The number of hydrogen-bond donors (Lipinski definition) is 0. The predicted molar refractivity (Wildman–Crippen MR) is 100 cm³/mol. The Morgan fingerprint density at radius 3 is 1.30 bits per heavy atom. The summed E-state index contributed by atoms with van der Waals surface area (Å²) in [4.78, 5) is 0. The minimum absolute atomic E-state index is 0.272. The molecule has 0 aliphatic carbocycles. The molecule has 0 aliphatic heterocycles. The van der Waals surface area contributed by atoms with Crippen LogP contribution in [0.3, 0.4) is 0 Å². The van der Waals surface area contributed by atoms with Crippen molar-refractivity contribution in [2.24, 2.45) is 0 Å². The highest BCUT2D eigenvalue weighted by Gasteiger charge is 2.16. The predicted octanol–water partition coefficient (Wildman–Crippen LogP) is 6.67. The first-order chi connectivity index (χ1) is 11.0. The lowest BCUT2D eigenvalue weighted by molar-refractivity contribution is -0.878. The summed E-state index contributed by atoms with van der Waals surface area (Å²) in [5, 5.41) is 0. The maximum Gasteiger partial charge on any atom is 0.371 e. The number of unbranched alkanes of at least 4 members (excludes halogenated alkanes) is 13. The first kappa shape index (κ1) is 22.9. The Hall–Kier alpha value is -0.140. The van der Waals surface area contributed by atoms with Gasteiger partial charge in [0.1, 0.15) is 0 Å². The minimum atomic E-state index is -2.26. The highest BCUT2D eigenvalue weighted by molar-refractivity contribution is 7.30. The van der Waals surface area contributed by atoms with Gasteiger partial charge in [0.25, 0.3) is 0 Å². The molecule has 0 aromatic heterocycles. The van der Waals surface area contributed by atoms with Crippen molar-refractivity contribution in [1.29, 1.82) is 0 Å². The van der Waals surface area contributed by atoms with Crippen LogP contribution in [0.1, 0.15) is 96.8 Å². The van der Waals surface area contributed by atoms with Gasteiger partial charge in [0, 0.05) is 0 Å². The third-order valence-corrected chi connectivity index (χ3v) is 5.61. The first-order valence-corrected chi connectivity index (χ1v) is 11.3. The van der Waals surface area contributed by atoms with Crippen molar-refractivity contribution in [2.75, 3.05) is 26.9 Å². The first-order valence-electron chi connectivity index (χ1n) is 9.92. The summed E-state index contributed by atoms with van der Waals surface area (Å²) in [5.41, 5.74) is 0. The summed E-state index contributed by atoms with van der Waals surface area (Å²) in [6.45, 7) is 3.25. The molecule has 0 aromatic rings. The topological polar surface area (TPSA) is 34.1 Å². The number of nitrogens with zero attached hydrogens (tertiary/aromatic N) is 1. The van der Waals surface area contributed by atoms with Crippen molar-refractivity contribution in [2.45, 2.75) is 96.8 Å². The second-order valence-corrected chi connectivity index (χ2v) is 8.68. The van der Waals surface area contributed by atoms with Gasteiger partial charge in [-0.25, -0.2) is 9.13 Å². The van der Waals surface area contributed by atoms with E-state index in [2.05, 4.69) is 6.92 Å². The molecule has 0 saturated heterocycles. The van der Waals surface area contributed by atoms with E-state index in [1.807, 2.05) is 14.1 Å². The Balaban J connectivity index is 3.22. The summed E-state index contributed by atoms with van der Waals surface area (Å²) in [6, 6.07) is 0. The molecule has 0 atom stereocenters. The molecule has 0 heterocycles. The summed E-state index contributed by atoms with van der Waals surface area (Å²) in [5.74, 6) is 0. The molecule has 0 saturated carbocycles. The molecule has 0 N–H and O–H groups in total. The van der Waals surface area contributed by atoms with E-state index in [9.17, 15) is 9.13 Å². The molecule has 0 fully saturated rings. The summed E-state index contributed by atoms with van der Waals surface area (Å²) in [6.07, 6.45) is 19.4. The van der Waals surface area contributed by atoms with E-state index in [1.54, 1.807) is 0 Å². The largest absolute Gasteiger partial charge is 0.371 e. The van der Waals surface area contributed by atoms with Gasteiger partial charge in [0.2, 0.25) is 0 Å². The van der Waals surface area contributed by atoms with Gasteiger partial charge >= 0.3 is 7.68 Å². The fourth-order valence-corrected chi connectivity index (χ4v) is 3.88. The lowest BCUT2D eigenvalue weighted by atomic mass is 10.0. The van der Waals surface area contributed by atoms with E-state index in [-0.39, 0.29) is 6.29 Å². The van der Waals surface area contributed by atoms with E-state index in [4.69, 9.17) is 0 Å². The lowest BCUT2D eigenvalue weighted by Gasteiger charge is -2.26. The van der Waals surface area contributed by atoms with Crippen LogP contribution in [-0.4, -0.2) is 31.4 Å². The van der Waals surface area contributed by atoms with Gasteiger partial charge in [-0.1, -0.05) is 84.0 Å². The van der Waals surface area contributed by atoms with Crippen LogP contribution >= 0.6 is 7.68 Å². The molecule has 0 amide bonds. The zero-order chi connectivity index (χ0) is 17.4. The smallest absolute Gasteiger partial charge is 0.317 e. The van der Waals surface area contributed by atoms with Crippen LogP contribution in [0.15, 0.2) is 0 Å². The summed E-state index contributed by atoms with van der Waals surface area (Å²) >= 11 is 0. The van der Waals surface area contributed by atoms with Gasteiger partial charge in [0.05, 0.1) is 20.6 Å². The molecule has 0 rings (SSSR count). The van der Waals surface area contributed by atoms with Gasteiger partial charge in [-0.05, 0) is 12.8 Å². The lowest BCUT2D eigenvalue weighted by Crippen LogP contribution is -2.39. The number of hydrogen-bond acceptors (Lipinski definition) is 2. The quantitative estimate of drug-likeness (QED) is 0.167. The Morgan fingerprint density at radius 1 is 0.609 bits per heavy atom. The second-order valence-electron chi connectivity index (χ2n) is 7.73. The molecule has 138 valence electrons. The van der Waals surface area contributed by atoms with Crippen molar-refractivity contribution in [3.63, 3.8) is 0 Å². The molecular weight excluding hydrogens is 305 g/mol. The summed E-state index contributed by atoms with van der Waals surface area (Å²) in [7, 11) is 1.76. The average molecular weight is 347 g/mol. The Morgan fingerprint density at radius 2 is 0.957 bits per heavy atom. The number of rotatable bonds is 17.